The maximum Gasteiger partial charge on any atom is 0.280 e. The molecule has 1 atom stereocenters. The highest BCUT2D eigenvalue weighted by Gasteiger charge is 2.25. The second kappa shape index (κ2) is 7.67. The van der Waals surface area contributed by atoms with E-state index in [0.717, 1.165) is 26.2 Å². The van der Waals surface area contributed by atoms with Crippen molar-refractivity contribution in [1.29, 1.82) is 0 Å². The number of hydrogen-bond donors (Lipinski definition) is 2. The number of carbonyl (C=O) groups is 1. The number of hydrogen-bond acceptors (Lipinski definition) is 1. The van der Waals surface area contributed by atoms with Crippen LogP contribution in [-0.2, 0) is 4.79 Å². The van der Waals surface area contributed by atoms with Crippen LogP contribution in [0.1, 0.15) is 33.6 Å². The van der Waals surface area contributed by atoms with Crippen LogP contribution in [0.4, 0.5) is 0 Å². The lowest BCUT2D eigenvalue weighted by Gasteiger charge is -2.20. The maximum absolute atomic E-state index is 12.0. The zero-order chi connectivity index (χ0) is 12.7. The number of rotatable bonds is 7. The van der Waals surface area contributed by atoms with Gasteiger partial charge in [0.15, 0.2) is 6.04 Å². The van der Waals surface area contributed by atoms with E-state index in [1.165, 1.54) is 25.9 Å². The Balaban J connectivity index is 2.19. The van der Waals surface area contributed by atoms with E-state index in [4.69, 9.17) is 0 Å². The van der Waals surface area contributed by atoms with Gasteiger partial charge in [0.25, 0.3) is 5.91 Å². The van der Waals surface area contributed by atoms with Gasteiger partial charge in [-0.25, -0.2) is 0 Å². The minimum atomic E-state index is 0.100. The Bertz CT molecular complexity index is 223. The van der Waals surface area contributed by atoms with E-state index in [-0.39, 0.29) is 6.04 Å². The molecule has 0 spiro atoms. The summed E-state index contributed by atoms with van der Waals surface area (Å²) >= 11 is 0. The summed E-state index contributed by atoms with van der Waals surface area (Å²) in [6.45, 7) is 13.0. The van der Waals surface area contributed by atoms with Crippen molar-refractivity contribution in [3.63, 3.8) is 0 Å². The molecule has 1 aliphatic rings. The van der Waals surface area contributed by atoms with Crippen LogP contribution in [-0.4, -0.2) is 56.1 Å². The molecule has 100 valence electrons. The molecule has 0 bridgehead atoms. The van der Waals surface area contributed by atoms with Crippen LogP contribution in [0.15, 0.2) is 0 Å². The standard InChI is InChI=1S/C13H27N3O/c1-4-15(5-2)11-8-14-12(3)13(17)16-9-6-7-10-16/h12,14H,4-11H2,1-3H3/p+2/t12-/m1/s1. The smallest absolute Gasteiger partial charge is 0.280 e. The largest absolute Gasteiger partial charge is 0.338 e. The Morgan fingerprint density at radius 3 is 2.41 bits per heavy atom. The second-order valence-electron chi connectivity index (χ2n) is 5.05. The van der Waals surface area contributed by atoms with Crippen LogP contribution in [0, 0.1) is 0 Å². The molecule has 0 aromatic carbocycles. The maximum atomic E-state index is 12.0. The molecule has 0 aromatic rings. The van der Waals surface area contributed by atoms with E-state index in [1.54, 1.807) is 4.90 Å². The lowest BCUT2D eigenvalue weighted by atomic mass is 10.3. The van der Waals surface area contributed by atoms with E-state index < -0.39 is 0 Å². The van der Waals surface area contributed by atoms with Gasteiger partial charge in [-0.2, -0.15) is 0 Å². The van der Waals surface area contributed by atoms with Crippen molar-refractivity contribution < 1.29 is 15.0 Å². The summed E-state index contributed by atoms with van der Waals surface area (Å²) in [6.07, 6.45) is 2.37. The summed E-state index contributed by atoms with van der Waals surface area (Å²) in [7, 11) is 0. The van der Waals surface area contributed by atoms with Crippen LogP contribution < -0.4 is 10.2 Å². The van der Waals surface area contributed by atoms with Crippen molar-refractivity contribution in [2.45, 2.75) is 39.7 Å². The number of amides is 1. The van der Waals surface area contributed by atoms with Crippen LogP contribution in [0.25, 0.3) is 0 Å². The van der Waals surface area contributed by atoms with Crippen molar-refractivity contribution in [2.75, 3.05) is 39.3 Å². The van der Waals surface area contributed by atoms with Crippen molar-refractivity contribution >= 4 is 5.91 Å². The summed E-state index contributed by atoms with van der Waals surface area (Å²) in [5.74, 6) is 0.331. The van der Waals surface area contributed by atoms with E-state index in [9.17, 15) is 4.79 Å². The average Bonchev–Trinajstić information content (AvgIpc) is 2.87. The number of nitrogens with zero attached hydrogens (tertiary/aromatic N) is 1. The fourth-order valence-electron chi connectivity index (χ4n) is 2.47. The third-order valence-corrected chi connectivity index (χ3v) is 3.83. The summed E-state index contributed by atoms with van der Waals surface area (Å²) in [5.41, 5.74) is 0. The summed E-state index contributed by atoms with van der Waals surface area (Å²) in [6, 6.07) is 0.100. The van der Waals surface area contributed by atoms with Gasteiger partial charge in [0.2, 0.25) is 0 Å². The molecule has 1 heterocycles. The van der Waals surface area contributed by atoms with E-state index in [2.05, 4.69) is 19.2 Å². The number of carbonyl (C=O) groups excluding carboxylic acids is 1. The third kappa shape index (κ3) is 4.64. The number of likely N-dealkylation sites (tertiary alicyclic amines) is 1. The Morgan fingerprint density at radius 1 is 1.29 bits per heavy atom. The first-order valence-electron chi connectivity index (χ1n) is 7.14. The lowest BCUT2D eigenvalue weighted by molar-refractivity contribution is -0.910. The molecule has 4 nitrogen and oxygen atoms in total. The summed E-state index contributed by atoms with van der Waals surface area (Å²) < 4.78 is 0. The molecule has 1 saturated heterocycles. The molecule has 1 fully saturated rings. The van der Waals surface area contributed by atoms with Crippen molar-refractivity contribution in [3.05, 3.63) is 0 Å². The highest BCUT2D eigenvalue weighted by Crippen LogP contribution is 2.07. The molecule has 1 aliphatic heterocycles. The number of likely N-dealkylation sites (N-methyl/N-ethyl adjacent to an activating group) is 1. The Kier molecular flexibility index (Phi) is 6.52. The van der Waals surface area contributed by atoms with E-state index in [0.29, 0.717) is 5.91 Å². The fourth-order valence-corrected chi connectivity index (χ4v) is 2.47. The summed E-state index contributed by atoms with van der Waals surface area (Å²) in [4.78, 5) is 15.7. The zero-order valence-corrected chi connectivity index (χ0v) is 11.7. The predicted molar refractivity (Wildman–Crippen MR) is 69.0 cm³/mol. The Hall–Kier alpha value is -0.610. The van der Waals surface area contributed by atoms with Gasteiger partial charge in [-0.15, -0.1) is 0 Å². The van der Waals surface area contributed by atoms with E-state index >= 15 is 0 Å². The summed E-state index contributed by atoms with van der Waals surface area (Å²) in [5, 5.41) is 2.20. The minimum Gasteiger partial charge on any atom is -0.338 e. The molecule has 0 radical (unpaired) electrons. The van der Waals surface area contributed by atoms with Gasteiger partial charge in [-0.1, -0.05) is 0 Å². The van der Waals surface area contributed by atoms with Crippen LogP contribution in [0.5, 0.6) is 0 Å². The Labute approximate surface area is 105 Å². The normalized spacial score (nSPS) is 17.8. The average molecular weight is 243 g/mol. The van der Waals surface area contributed by atoms with Crippen molar-refractivity contribution in [3.8, 4) is 0 Å². The quantitative estimate of drug-likeness (QED) is 0.561. The SMILES string of the molecule is CC[NH+](CC)CC[NH2+][C@H](C)C(=O)N1CCCC1. The topological polar surface area (TPSA) is 41.4 Å². The van der Waals surface area contributed by atoms with Crippen LogP contribution in [0.3, 0.4) is 0 Å². The monoisotopic (exact) mass is 243 g/mol. The highest BCUT2D eigenvalue weighted by atomic mass is 16.2. The minimum absolute atomic E-state index is 0.100. The number of quaternary nitrogens is 2. The molecule has 1 rings (SSSR count). The lowest BCUT2D eigenvalue weighted by Crippen LogP contribution is -3.14. The molecule has 0 unspecified atom stereocenters. The van der Waals surface area contributed by atoms with E-state index in [1.807, 2.05) is 11.8 Å². The van der Waals surface area contributed by atoms with Crippen LogP contribution in [0.2, 0.25) is 0 Å². The molecule has 4 heteroatoms. The molecular weight excluding hydrogens is 214 g/mol. The zero-order valence-electron chi connectivity index (χ0n) is 11.7. The van der Waals surface area contributed by atoms with Gasteiger partial charge >= 0.3 is 0 Å². The molecule has 0 aliphatic carbocycles. The van der Waals surface area contributed by atoms with Gasteiger partial charge in [-0.05, 0) is 33.6 Å². The first kappa shape index (κ1) is 14.5. The van der Waals surface area contributed by atoms with Gasteiger partial charge in [-0.3, -0.25) is 4.79 Å². The molecule has 0 aromatic heterocycles. The van der Waals surface area contributed by atoms with Crippen molar-refractivity contribution in [1.82, 2.24) is 4.90 Å². The fraction of sp³-hybridized carbons (Fsp3) is 0.923. The molecule has 17 heavy (non-hydrogen) atoms. The van der Waals surface area contributed by atoms with Gasteiger partial charge < -0.3 is 15.1 Å². The van der Waals surface area contributed by atoms with Gasteiger partial charge in [0.05, 0.1) is 13.1 Å². The van der Waals surface area contributed by atoms with Gasteiger partial charge in [0, 0.05) is 13.1 Å². The Morgan fingerprint density at radius 2 is 1.88 bits per heavy atom. The first-order chi connectivity index (χ1) is 8.19. The number of nitrogens with one attached hydrogen (secondary N) is 1. The molecule has 3 N–H and O–H groups in total. The molecule has 0 saturated carbocycles. The number of nitrogens with two attached hydrogens (primary N) is 1. The van der Waals surface area contributed by atoms with Crippen LogP contribution >= 0.6 is 0 Å². The predicted octanol–water partition coefficient (Wildman–Crippen LogP) is -1.51. The molecular formula is C13H29N3O+2. The van der Waals surface area contributed by atoms with Gasteiger partial charge in [0.1, 0.15) is 13.1 Å². The first-order valence-corrected chi connectivity index (χ1v) is 7.14. The molecule has 1 amide bonds. The van der Waals surface area contributed by atoms with Crippen molar-refractivity contribution in [2.24, 2.45) is 0 Å². The second-order valence-corrected chi connectivity index (χ2v) is 5.05. The highest BCUT2D eigenvalue weighted by molar-refractivity contribution is 5.80. The third-order valence-electron chi connectivity index (χ3n) is 3.83.